The Morgan fingerprint density at radius 2 is 1.66 bits per heavy atom. The zero-order valence-corrected chi connectivity index (χ0v) is 20.2. The number of hydrazine groups is 1. The number of anilines is 1. The summed E-state index contributed by atoms with van der Waals surface area (Å²) in [6.45, 7) is 3.40. The maximum absolute atomic E-state index is 13.1. The lowest BCUT2D eigenvalue weighted by Gasteiger charge is -2.20. The highest BCUT2D eigenvalue weighted by atomic mass is 32.2. The molecular formula is C25H24N4O5S. The van der Waals surface area contributed by atoms with E-state index in [1.54, 1.807) is 48.5 Å². The number of amides is 2. The van der Waals surface area contributed by atoms with Crippen molar-refractivity contribution >= 4 is 27.5 Å². The molecule has 0 saturated carbocycles. The third-order valence-electron chi connectivity index (χ3n) is 5.12. The van der Waals surface area contributed by atoms with E-state index in [-0.39, 0.29) is 10.5 Å². The predicted octanol–water partition coefficient (Wildman–Crippen LogP) is 2.92. The smallest absolute Gasteiger partial charge is 0.279 e. The van der Waals surface area contributed by atoms with Crippen molar-refractivity contribution in [2.24, 2.45) is 0 Å². The first-order chi connectivity index (χ1) is 16.6. The minimum Gasteiger partial charge on any atom is -0.481 e. The molecule has 0 radical (unpaired) electrons. The summed E-state index contributed by atoms with van der Waals surface area (Å²) < 4.78 is 32.7. The van der Waals surface area contributed by atoms with Gasteiger partial charge in [0.15, 0.2) is 6.10 Å². The van der Waals surface area contributed by atoms with Crippen molar-refractivity contribution in [2.45, 2.75) is 24.8 Å². The van der Waals surface area contributed by atoms with E-state index in [0.717, 1.165) is 9.87 Å². The first-order valence-electron chi connectivity index (χ1n) is 10.5. The number of ether oxygens (including phenoxy) is 1. The van der Waals surface area contributed by atoms with Crippen molar-refractivity contribution in [3.63, 3.8) is 0 Å². The van der Waals surface area contributed by atoms with Crippen LogP contribution >= 0.6 is 0 Å². The van der Waals surface area contributed by atoms with Gasteiger partial charge in [0.1, 0.15) is 5.75 Å². The lowest BCUT2D eigenvalue weighted by molar-refractivity contribution is -0.128. The number of hydrogen-bond acceptors (Lipinski definition) is 6. The molecule has 35 heavy (non-hydrogen) atoms. The number of rotatable bonds is 7. The van der Waals surface area contributed by atoms with Crippen LogP contribution in [0, 0.1) is 18.3 Å². The normalized spacial score (nSPS) is 11.6. The van der Waals surface area contributed by atoms with Gasteiger partial charge in [-0.25, -0.2) is 8.42 Å². The molecule has 1 atom stereocenters. The third-order valence-corrected chi connectivity index (χ3v) is 6.90. The molecule has 0 fully saturated rings. The van der Waals surface area contributed by atoms with Crippen LogP contribution < -0.4 is 19.9 Å². The van der Waals surface area contributed by atoms with Crippen LogP contribution in [-0.4, -0.2) is 33.4 Å². The summed E-state index contributed by atoms with van der Waals surface area (Å²) >= 11 is 0. The van der Waals surface area contributed by atoms with Gasteiger partial charge < -0.3 is 4.74 Å². The van der Waals surface area contributed by atoms with Gasteiger partial charge >= 0.3 is 0 Å². The minimum absolute atomic E-state index is 0.0457. The highest BCUT2D eigenvalue weighted by molar-refractivity contribution is 7.92. The second-order valence-electron chi connectivity index (χ2n) is 7.68. The molecule has 9 nitrogen and oxygen atoms in total. The molecule has 0 aliphatic rings. The van der Waals surface area contributed by atoms with E-state index in [2.05, 4.69) is 10.9 Å². The summed E-state index contributed by atoms with van der Waals surface area (Å²) in [6, 6.07) is 20.7. The van der Waals surface area contributed by atoms with Crippen LogP contribution in [0.15, 0.2) is 77.7 Å². The second-order valence-corrected chi connectivity index (χ2v) is 9.64. The van der Waals surface area contributed by atoms with Gasteiger partial charge in [-0.05, 0) is 68.4 Å². The van der Waals surface area contributed by atoms with E-state index in [1.165, 1.54) is 38.2 Å². The molecule has 3 rings (SSSR count). The van der Waals surface area contributed by atoms with Crippen molar-refractivity contribution in [2.75, 3.05) is 11.4 Å². The third kappa shape index (κ3) is 6.16. The fourth-order valence-electron chi connectivity index (χ4n) is 3.01. The number of sulfonamides is 1. The average Bonchev–Trinajstić information content (AvgIpc) is 2.87. The predicted molar refractivity (Wildman–Crippen MR) is 130 cm³/mol. The fourth-order valence-corrected chi connectivity index (χ4v) is 4.25. The molecule has 0 unspecified atom stereocenters. The number of hydrogen-bond donors (Lipinski definition) is 2. The maximum atomic E-state index is 13.1. The molecule has 0 spiro atoms. The van der Waals surface area contributed by atoms with E-state index < -0.39 is 27.9 Å². The lowest BCUT2D eigenvalue weighted by Crippen LogP contribution is -2.47. The molecule has 10 heteroatoms. The van der Waals surface area contributed by atoms with Crippen LogP contribution in [0.2, 0.25) is 0 Å². The number of carbonyl (C=O) groups is 2. The van der Waals surface area contributed by atoms with Crippen LogP contribution in [-0.2, 0) is 14.8 Å². The Kier molecular flexibility index (Phi) is 7.73. The summed E-state index contributed by atoms with van der Waals surface area (Å²) in [6.07, 6.45) is -0.946. The molecule has 3 aromatic carbocycles. The van der Waals surface area contributed by atoms with Gasteiger partial charge in [-0.15, -0.1) is 0 Å². The summed E-state index contributed by atoms with van der Waals surface area (Å²) in [5, 5.41) is 8.83. The van der Waals surface area contributed by atoms with Gasteiger partial charge in [0.05, 0.1) is 22.2 Å². The highest BCUT2D eigenvalue weighted by Gasteiger charge is 2.23. The molecule has 0 bridgehead atoms. The van der Waals surface area contributed by atoms with E-state index in [0.29, 0.717) is 17.0 Å². The average molecular weight is 493 g/mol. The molecule has 0 aliphatic carbocycles. The number of nitriles is 1. The fraction of sp³-hybridized carbons (Fsp3) is 0.160. The number of carbonyl (C=O) groups excluding carboxylic acids is 2. The standard InChI is InChI=1S/C25H24N4O5S/c1-17-7-11-21(12-8-17)29(3)35(32,33)23-6-4-5-20(15-23)25(31)28-27-24(30)18(2)34-22-13-9-19(16-26)10-14-22/h4-15,18H,1-3H3,(H,27,30)(H,28,31)/t18-/m1/s1. The summed E-state index contributed by atoms with van der Waals surface area (Å²) in [7, 11) is -2.49. The Morgan fingerprint density at radius 3 is 2.29 bits per heavy atom. The number of benzene rings is 3. The number of aryl methyl sites for hydroxylation is 1. The van der Waals surface area contributed by atoms with Crippen molar-refractivity contribution in [1.82, 2.24) is 10.9 Å². The van der Waals surface area contributed by atoms with Gasteiger partial charge in [0.25, 0.3) is 21.8 Å². The molecule has 0 aromatic heterocycles. The summed E-state index contributed by atoms with van der Waals surface area (Å²) in [5.74, 6) is -0.932. The van der Waals surface area contributed by atoms with E-state index >= 15 is 0 Å². The quantitative estimate of drug-likeness (QED) is 0.488. The SMILES string of the molecule is Cc1ccc(N(C)S(=O)(=O)c2cccc(C(=O)NNC(=O)[C@@H](C)Oc3ccc(C#N)cc3)c2)cc1. The maximum Gasteiger partial charge on any atom is 0.279 e. The molecular weight excluding hydrogens is 468 g/mol. The van der Waals surface area contributed by atoms with E-state index in [1.807, 2.05) is 13.0 Å². The van der Waals surface area contributed by atoms with Crippen molar-refractivity contribution < 1.29 is 22.7 Å². The Bertz CT molecular complexity index is 1360. The van der Waals surface area contributed by atoms with Crippen LogP contribution in [0.4, 0.5) is 5.69 Å². The van der Waals surface area contributed by atoms with Gasteiger partial charge in [0, 0.05) is 12.6 Å². The van der Waals surface area contributed by atoms with Crippen LogP contribution in [0.1, 0.15) is 28.4 Å². The number of nitrogens with zero attached hydrogens (tertiary/aromatic N) is 2. The number of nitrogens with one attached hydrogen (secondary N) is 2. The Hall–Kier alpha value is -4.36. The first kappa shape index (κ1) is 25.3. The highest BCUT2D eigenvalue weighted by Crippen LogP contribution is 2.23. The lowest BCUT2D eigenvalue weighted by atomic mass is 10.2. The molecule has 2 N–H and O–H groups in total. The second kappa shape index (κ2) is 10.7. The van der Waals surface area contributed by atoms with Crippen LogP contribution in [0.3, 0.4) is 0 Å². The Morgan fingerprint density at radius 1 is 1.00 bits per heavy atom. The van der Waals surface area contributed by atoms with Crippen molar-refractivity contribution in [1.29, 1.82) is 5.26 Å². The van der Waals surface area contributed by atoms with Crippen LogP contribution in [0.5, 0.6) is 5.75 Å². The molecule has 3 aromatic rings. The largest absolute Gasteiger partial charge is 0.481 e. The van der Waals surface area contributed by atoms with Gasteiger partial charge in [-0.2, -0.15) is 5.26 Å². The van der Waals surface area contributed by atoms with Crippen LogP contribution in [0.25, 0.3) is 0 Å². The van der Waals surface area contributed by atoms with E-state index in [9.17, 15) is 18.0 Å². The molecule has 180 valence electrons. The van der Waals surface area contributed by atoms with Crippen molar-refractivity contribution in [3.05, 3.63) is 89.5 Å². The van der Waals surface area contributed by atoms with Gasteiger partial charge in [-0.3, -0.25) is 24.7 Å². The zero-order chi connectivity index (χ0) is 25.6. The monoisotopic (exact) mass is 492 g/mol. The van der Waals surface area contributed by atoms with E-state index in [4.69, 9.17) is 10.00 Å². The Labute approximate surface area is 204 Å². The summed E-state index contributed by atoms with van der Waals surface area (Å²) in [4.78, 5) is 24.8. The summed E-state index contributed by atoms with van der Waals surface area (Å²) in [5.41, 5.74) is 6.50. The Balaban J connectivity index is 1.64. The van der Waals surface area contributed by atoms with Gasteiger partial charge in [0.2, 0.25) is 0 Å². The molecule has 0 heterocycles. The zero-order valence-electron chi connectivity index (χ0n) is 19.3. The van der Waals surface area contributed by atoms with Gasteiger partial charge in [-0.1, -0.05) is 23.8 Å². The van der Waals surface area contributed by atoms with Crippen molar-refractivity contribution in [3.8, 4) is 11.8 Å². The molecule has 2 amide bonds. The molecule has 0 aliphatic heterocycles. The minimum atomic E-state index is -3.92. The molecule has 0 saturated heterocycles. The topological polar surface area (TPSA) is 129 Å². The first-order valence-corrected chi connectivity index (χ1v) is 12.0.